The van der Waals surface area contributed by atoms with Crippen LogP contribution in [-0.2, 0) is 6.42 Å². The number of pyridine rings is 1. The second kappa shape index (κ2) is 4.88. The van der Waals surface area contributed by atoms with E-state index in [0.717, 1.165) is 31.5 Å². The zero-order chi connectivity index (χ0) is 11.4. The van der Waals surface area contributed by atoms with Crippen LogP contribution in [0.25, 0.3) is 11.0 Å². The molecule has 0 radical (unpaired) electrons. The van der Waals surface area contributed by atoms with Gasteiger partial charge < -0.3 is 4.98 Å². The Morgan fingerprint density at radius 2 is 2.25 bits per heavy atom. The average molecular weight is 217 g/mol. The Labute approximate surface area is 93.8 Å². The molecule has 84 valence electrons. The summed E-state index contributed by atoms with van der Waals surface area (Å²) in [5, 5.41) is 0.557. The number of aromatic nitrogens is 3. The normalized spacial score (nSPS) is 10.8. The number of nitrogens with one attached hydrogen (secondary N) is 1. The molecule has 0 unspecified atom stereocenters. The summed E-state index contributed by atoms with van der Waals surface area (Å²) in [4.78, 5) is 22.9. The number of rotatable bonds is 4. The number of fused-ring (bicyclic) bond motifs is 1. The fraction of sp³-hybridized carbons (Fsp3) is 0.417. The standard InChI is InChI=1S/C12H15N3O/c1-2-3-4-7-10-14-11-9(12(16)15-10)6-5-8-13-11/h5-6,8H,2-4,7H2,1H3,(H,13,14,15,16). The number of aromatic amines is 1. The number of hydrogen-bond acceptors (Lipinski definition) is 3. The van der Waals surface area contributed by atoms with Gasteiger partial charge in [0.15, 0.2) is 5.65 Å². The van der Waals surface area contributed by atoms with Crippen LogP contribution < -0.4 is 5.56 Å². The Kier molecular flexibility index (Phi) is 3.29. The van der Waals surface area contributed by atoms with Crippen molar-refractivity contribution < 1.29 is 0 Å². The van der Waals surface area contributed by atoms with Crippen molar-refractivity contribution in [3.63, 3.8) is 0 Å². The maximum absolute atomic E-state index is 11.7. The summed E-state index contributed by atoms with van der Waals surface area (Å²) in [6.07, 6.45) is 5.85. The highest BCUT2D eigenvalue weighted by atomic mass is 16.1. The quantitative estimate of drug-likeness (QED) is 0.797. The van der Waals surface area contributed by atoms with E-state index < -0.39 is 0 Å². The average Bonchev–Trinajstić information content (AvgIpc) is 2.30. The third-order valence-corrected chi connectivity index (χ3v) is 2.55. The Balaban J connectivity index is 2.31. The first-order chi connectivity index (χ1) is 7.81. The van der Waals surface area contributed by atoms with E-state index in [4.69, 9.17) is 0 Å². The third kappa shape index (κ3) is 2.27. The molecule has 0 bridgehead atoms. The summed E-state index contributed by atoms with van der Waals surface area (Å²) < 4.78 is 0. The fourth-order valence-electron chi connectivity index (χ4n) is 1.68. The van der Waals surface area contributed by atoms with E-state index in [1.807, 2.05) is 0 Å². The van der Waals surface area contributed by atoms with Crippen LogP contribution in [0.4, 0.5) is 0 Å². The van der Waals surface area contributed by atoms with Crippen molar-refractivity contribution >= 4 is 11.0 Å². The number of hydrogen-bond donors (Lipinski definition) is 1. The largest absolute Gasteiger partial charge is 0.310 e. The van der Waals surface area contributed by atoms with Crippen molar-refractivity contribution in [2.45, 2.75) is 32.6 Å². The molecule has 0 fully saturated rings. The van der Waals surface area contributed by atoms with E-state index in [1.165, 1.54) is 0 Å². The van der Waals surface area contributed by atoms with Crippen LogP contribution in [-0.4, -0.2) is 15.0 Å². The topological polar surface area (TPSA) is 58.6 Å². The van der Waals surface area contributed by atoms with Gasteiger partial charge in [0, 0.05) is 12.6 Å². The molecule has 0 aliphatic heterocycles. The summed E-state index contributed by atoms with van der Waals surface area (Å²) in [6, 6.07) is 3.49. The van der Waals surface area contributed by atoms with Gasteiger partial charge in [-0.15, -0.1) is 0 Å². The monoisotopic (exact) mass is 217 g/mol. The first-order valence-corrected chi connectivity index (χ1v) is 5.65. The number of H-pyrrole nitrogens is 1. The van der Waals surface area contributed by atoms with Gasteiger partial charge in [0.2, 0.25) is 0 Å². The van der Waals surface area contributed by atoms with Crippen molar-refractivity contribution in [1.29, 1.82) is 0 Å². The minimum atomic E-state index is -0.0930. The second-order valence-electron chi connectivity index (χ2n) is 3.84. The maximum Gasteiger partial charge on any atom is 0.260 e. The molecule has 4 nitrogen and oxygen atoms in total. The van der Waals surface area contributed by atoms with E-state index in [1.54, 1.807) is 18.3 Å². The molecule has 2 heterocycles. The molecule has 4 heteroatoms. The van der Waals surface area contributed by atoms with E-state index >= 15 is 0 Å². The predicted octanol–water partition coefficient (Wildman–Crippen LogP) is 2.05. The highest BCUT2D eigenvalue weighted by Crippen LogP contribution is 2.05. The van der Waals surface area contributed by atoms with Gasteiger partial charge in [-0.1, -0.05) is 19.8 Å². The zero-order valence-corrected chi connectivity index (χ0v) is 9.36. The number of aryl methyl sites for hydroxylation is 1. The molecule has 16 heavy (non-hydrogen) atoms. The lowest BCUT2D eigenvalue weighted by atomic mass is 10.2. The van der Waals surface area contributed by atoms with E-state index in [0.29, 0.717) is 11.0 Å². The fourth-order valence-corrected chi connectivity index (χ4v) is 1.68. The van der Waals surface area contributed by atoms with Crippen molar-refractivity contribution in [3.05, 3.63) is 34.5 Å². The van der Waals surface area contributed by atoms with Crippen LogP contribution >= 0.6 is 0 Å². The van der Waals surface area contributed by atoms with Crippen molar-refractivity contribution in [3.8, 4) is 0 Å². The summed E-state index contributed by atoms with van der Waals surface area (Å²) in [6.45, 7) is 2.15. The predicted molar refractivity (Wildman–Crippen MR) is 63.4 cm³/mol. The van der Waals surface area contributed by atoms with E-state index in [9.17, 15) is 4.79 Å². The zero-order valence-electron chi connectivity index (χ0n) is 9.36. The summed E-state index contributed by atoms with van der Waals surface area (Å²) in [7, 11) is 0. The minimum Gasteiger partial charge on any atom is -0.310 e. The molecule has 0 atom stereocenters. The van der Waals surface area contributed by atoms with Gasteiger partial charge in [-0.25, -0.2) is 9.97 Å². The van der Waals surface area contributed by atoms with Gasteiger partial charge >= 0.3 is 0 Å². The van der Waals surface area contributed by atoms with Crippen LogP contribution in [0.3, 0.4) is 0 Å². The Morgan fingerprint density at radius 3 is 3.06 bits per heavy atom. The molecule has 0 aliphatic rings. The molecule has 2 aromatic heterocycles. The van der Waals surface area contributed by atoms with Crippen LogP contribution in [0.15, 0.2) is 23.1 Å². The highest BCUT2D eigenvalue weighted by Gasteiger charge is 2.03. The first kappa shape index (κ1) is 10.8. The van der Waals surface area contributed by atoms with Crippen LogP contribution in [0.2, 0.25) is 0 Å². The maximum atomic E-state index is 11.7. The summed E-state index contributed by atoms with van der Waals surface area (Å²) in [5.74, 6) is 0.740. The Morgan fingerprint density at radius 1 is 1.38 bits per heavy atom. The summed E-state index contributed by atoms with van der Waals surface area (Å²) >= 11 is 0. The molecule has 0 amide bonds. The van der Waals surface area contributed by atoms with Crippen molar-refractivity contribution in [2.75, 3.05) is 0 Å². The molecule has 0 saturated heterocycles. The van der Waals surface area contributed by atoms with Gasteiger partial charge in [0.05, 0.1) is 5.39 Å². The van der Waals surface area contributed by atoms with E-state index in [-0.39, 0.29) is 5.56 Å². The smallest absolute Gasteiger partial charge is 0.260 e. The molecule has 0 spiro atoms. The lowest BCUT2D eigenvalue weighted by Crippen LogP contribution is -2.12. The van der Waals surface area contributed by atoms with E-state index in [2.05, 4.69) is 21.9 Å². The van der Waals surface area contributed by atoms with Crippen molar-refractivity contribution in [2.24, 2.45) is 0 Å². The second-order valence-corrected chi connectivity index (χ2v) is 3.84. The minimum absolute atomic E-state index is 0.0930. The Hall–Kier alpha value is -1.71. The molecule has 0 aliphatic carbocycles. The van der Waals surface area contributed by atoms with Crippen molar-refractivity contribution in [1.82, 2.24) is 15.0 Å². The molecule has 2 aromatic rings. The van der Waals surface area contributed by atoms with Crippen LogP contribution in [0.1, 0.15) is 32.0 Å². The molecular weight excluding hydrogens is 202 g/mol. The molecule has 0 saturated carbocycles. The lowest BCUT2D eigenvalue weighted by Gasteiger charge is -2.01. The lowest BCUT2D eigenvalue weighted by molar-refractivity contribution is 0.693. The molecule has 2 rings (SSSR count). The molecule has 1 N–H and O–H groups in total. The number of nitrogens with zero attached hydrogens (tertiary/aromatic N) is 2. The summed E-state index contributed by atoms with van der Waals surface area (Å²) in [5.41, 5.74) is 0.447. The Bertz CT molecular complexity index is 533. The van der Waals surface area contributed by atoms with Crippen LogP contribution in [0, 0.1) is 0 Å². The SMILES string of the molecule is CCCCCc1nc2ncccc2c(=O)[nH]1. The van der Waals surface area contributed by atoms with Gasteiger partial charge in [-0.05, 0) is 18.6 Å². The highest BCUT2D eigenvalue weighted by molar-refractivity contribution is 5.72. The van der Waals surface area contributed by atoms with Gasteiger partial charge in [-0.3, -0.25) is 4.79 Å². The van der Waals surface area contributed by atoms with Gasteiger partial charge in [0.25, 0.3) is 5.56 Å². The van der Waals surface area contributed by atoms with Gasteiger partial charge in [-0.2, -0.15) is 0 Å². The number of unbranched alkanes of at least 4 members (excludes halogenated alkanes) is 2. The molecular formula is C12H15N3O. The first-order valence-electron chi connectivity index (χ1n) is 5.65. The van der Waals surface area contributed by atoms with Gasteiger partial charge in [0.1, 0.15) is 5.82 Å². The van der Waals surface area contributed by atoms with Crippen LogP contribution in [0.5, 0.6) is 0 Å². The third-order valence-electron chi connectivity index (χ3n) is 2.55. The molecule has 0 aromatic carbocycles.